The van der Waals surface area contributed by atoms with E-state index in [0.717, 1.165) is 45.3 Å². The fourth-order valence-electron chi connectivity index (χ4n) is 5.06. The molecule has 0 atom stereocenters. The zero-order chi connectivity index (χ0) is 37.6. The molecule has 0 saturated carbocycles. The lowest BCUT2D eigenvalue weighted by Crippen LogP contribution is -2.13. The van der Waals surface area contributed by atoms with Crippen molar-refractivity contribution in [1.29, 1.82) is 0 Å². The lowest BCUT2D eigenvalue weighted by atomic mass is 10.1. The summed E-state index contributed by atoms with van der Waals surface area (Å²) in [6.07, 6.45) is 3.63. The third-order valence-corrected chi connectivity index (χ3v) is 8.00. The molecule has 0 heterocycles. The molecule has 9 nitrogen and oxygen atoms in total. The molecule has 0 aliphatic carbocycles. The molecule has 0 aromatic heterocycles. The predicted octanol–water partition coefficient (Wildman–Crippen LogP) is 8.57. The van der Waals surface area contributed by atoms with Crippen LogP contribution in [0.15, 0.2) is 128 Å². The lowest BCUT2D eigenvalue weighted by molar-refractivity contribution is 0.0746. The Morgan fingerprint density at radius 1 is 0.370 bits per heavy atom. The zero-order valence-electron chi connectivity index (χ0n) is 30.5. The number of hydrogen-bond donors (Lipinski definition) is 1. The van der Waals surface area contributed by atoms with Gasteiger partial charge in [-0.15, -0.1) is 0 Å². The van der Waals surface area contributed by atoms with E-state index in [0.29, 0.717) is 83.1 Å². The van der Waals surface area contributed by atoms with Gasteiger partial charge >= 0.3 is 0 Å². The van der Waals surface area contributed by atoms with Gasteiger partial charge in [-0.25, -0.2) is 0 Å². The molecule has 9 heteroatoms. The van der Waals surface area contributed by atoms with Crippen LogP contribution in [0.5, 0.6) is 34.5 Å². The van der Waals surface area contributed by atoms with Gasteiger partial charge in [0.15, 0.2) is 0 Å². The van der Waals surface area contributed by atoms with Gasteiger partial charge < -0.3 is 43.0 Å². The molecule has 0 unspecified atom stereocenters. The summed E-state index contributed by atoms with van der Waals surface area (Å²) in [4.78, 5) is 0. The Bertz CT molecular complexity index is 1690. The third kappa shape index (κ3) is 14.0. The Morgan fingerprint density at radius 2 is 0.704 bits per heavy atom. The average Bonchev–Trinajstić information content (AvgIpc) is 3.22. The van der Waals surface area contributed by atoms with Crippen molar-refractivity contribution in [3.05, 3.63) is 156 Å². The van der Waals surface area contributed by atoms with Crippen LogP contribution in [0.1, 0.15) is 27.8 Å². The average molecular weight is 733 g/mol. The van der Waals surface area contributed by atoms with Gasteiger partial charge in [-0.1, -0.05) is 73.8 Å². The highest BCUT2D eigenvalue weighted by atomic mass is 16.6. The first-order chi connectivity index (χ1) is 26.6. The number of rotatable bonds is 25. The molecule has 0 aliphatic rings. The molecule has 282 valence electrons. The molecule has 5 rings (SSSR count). The molecule has 0 radical (unpaired) electrons. The van der Waals surface area contributed by atoms with Crippen molar-refractivity contribution in [3.8, 4) is 34.5 Å². The molecule has 0 bridgehead atoms. The molecular weight excluding hydrogens is 684 g/mol. The highest BCUT2D eigenvalue weighted by Crippen LogP contribution is 2.24. The van der Waals surface area contributed by atoms with Crippen molar-refractivity contribution in [1.82, 2.24) is 0 Å². The van der Waals surface area contributed by atoms with Crippen LogP contribution in [-0.4, -0.2) is 58.0 Å². The van der Waals surface area contributed by atoms with Crippen LogP contribution in [0, 0.1) is 0 Å². The first kappa shape index (κ1) is 39.5. The van der Waals surface area contributed by atoms with Crippen LogP contribution < -0.4 is 28.4 Å². The SMILES string of the molecule is C=Cc1ccc(COc2ccc(OCCOCCOc3cc(CO)cc(OCCOCCOc4ccc(OCc5ccc(C=C)cc5)cc4)c3)cc2)cc1. The van der Waals surface area contributed by atoms with Gasteiger partial charge in [0.2, 0.25) is 0 Å². The number of hydrogen-bond acceptors (Lipinski definition) is 9. The van der Waals surface area contributed by atoms with Gasteiger partial charge in [0, 0.05) is 6.07 Å². The topological polar surface area (TPSA) is 94.1 Å². The monoisotopic (exact) mass is 732 g/mol. The van der Waals surface area contributed by atoms with Gasteiger partial charge in [-0.05, 0) is 88.5 Å². The maximum Gasteiger partial charge on any atom is 0.123 e. The van der Waals surface area contributed by atoms with Crippen LogP contribution in [-0.2, 0) is 29.3 Å². The largest absolute Gasteiger partial charge is 0.491 e. The number of ether oxygens (including phenoxy) is 8. The molecule has 5 aromatic carbocycles. The minimum Gasteiger partial charge on any atom is -0.491 e. The van der Waals surface area contributed by atoms with Crippen LogP contribution in [0.25, 0.3) is 12.2 Å². The fraction of sp³-hybridized carbons (Fsp3) is 0.244. The molecule has 0 amide bonds. The smallest absolute Gasteiger partial charge is 0.123 e. The van der Waals surface area contributed by atoms with E-state index in [4.69, 9.17) is 37.9 Å². The molecule has 0 saturated heterocycles. The number of benzene rings is 5. The molecule has 54 heavy (non-hydrogen) atoms. The maximum absolute atomic E-state index is 9.71. The number of aliphatic hydroxyl groups is 1. The standard InChI is InChI=1S/C45H48O9/c1-3-35-5-9-37(10-6-35)33-53-42-17-13-40(14-18-42)49-25-21-47-23-27-51-44-29-39(32-46)30-45(31-44)52-28-24-48-22-26-50-41-15-19-43(20-16-41)54-34-38-11-7-36(4-2)8-12-38/h3-20,29-31,46H,1-2,21-28,32-34H2. The van der Waals surface area contributed by atoms with E-state index in [2.05, 4.69) is 13.2 Å². The Labute approximate surface area is 317 Å². The summed E-state index contributed by atoms with van der Waals surface area (Å²) in [5.41, 5.74) is 5.02. The van der Waals surface area contributed by atoms with Gasteiger partial charge in [0.1, 0.15) is 74.1 Å². The van der Waals surface area contributed by atoms with Crippen molar-refractivity contribution >= 4 is 12.2 Å². The number of aliphatic hydroxyl groups excluding tert-OH is 1. The van der Waals surface area contributed by atoms with Crippen LogP contribution in [0.2, 0.25) is 0 Å². The molecule has 5 aromatic rings. The molecule has 0 aliphatic heterocycles. The van der Waals surface area contributed by atoms with E-state index in [1.54, 1.807) is 18.2 Å². The summed E-state index contributed by atoms with van der Waals surface area (Å²) in [6.45, 7) is 11.4. The second-order valence-corrected chi connectivity index (χ2v) is 12.0. The third-order valence-electron chi connectivity index (χ3n) is 8.00. The molecule has 1 N–H and O–H groups in total. The van der Waals surface area contributed by atoms with Crippen molar-refractivity contribution in [2.24, 2.45) is 0 Å². The van der Waals surface area contributed by atoms with E-state index in [1.807, 2.05) is 109 Å². The van der Waals surface area contributed by atoms with Gasteiger partial charge in [0.05, 0.1) is 33.0 Å². The predicted molar refractivity (Wildman–Crippen MR) is 211 cm³/mol. The minimum absolute atomic E-state index is 0.136. The maximum atomic E-state index is 9.71. The summed E-state index contributed by atoms with van der Waals surface area (Å²) in [5.74, 6) is 4.18. The highest BCUT2D eigenvalue weighted by molar-refractivity contribution is 5.48. The van der Waals surface area contributed by atoms with Crippen LogP contribution in [0.4, 0.5) is 0 Å². The second kappa shape index (κ2) is 22.4. The van der Waals surface area contributed by atoms with Crippen molar-refractivity contribution in [3.63, 3.8) is 0 Å². The first-order valence-electron chi connectivity index (χ1n) is 17.9. The molecule has 0 spiro atoms. The molecular formula is C45H48O9. The summed E-state index contributed by atoms with van der Waals surface area (Å²) in [6, 6.07) is 36.5. The Morgan fingerprint density at radius 3 is 1.04 bits per heavy atom. The Kier molecular flexibility index (Phi) is 16.3. The van der Waals surface area contributed by atoms with E-state index < -0.39 is 0 Å². The fourth-order valence-corrected chi connectivity index (χ4v) is 5.06. The lowest BCUT2D eigenvalue weighted by Gasteiger charge is -2.13. The van der Waals surface area contributed by atoms with Gasteiger partial charge in [0.25, 0.3) is 0 Å². The Balaban J connectivity index is 0.891. The minimum atomic E-state index is -0.136. The van der Waals surface area contributed by atoms with Crippen LogP contribution >= 0.6 is 0 Å². The van der Waals surface area contributed by atoms with Crippen molar-refractivity contribution < 1.29 is 43.0 Å². The molecule has 0 fully saturated rings. The summed E-state index contributed by atoms with van der Waals surface area (Å²) >= 11 is 0. The van der Waals surface area contributed by atoms with Crippen LogP contribution in [0.3, 0.4) is 0 Å². The normalized spacial score (nSPS) is 10.7. The van der Waals surface area contributed by atoms with E-state index in [9.17, 15) is 5.11 Å². The summed E-state index contributed by atoms with van der Waals surface area (Å²) in [7, 11) is 0. The van der Waals surface area contributed by atoms with E-state index >= 15 is 0 Å². The van der Waals surface area contributed by atoms with Crippen molar-refractivity contribution in [2.75, 3.05) is 52.9 Å². The Hall–Kier alpha value is -5.74. The van der Waals surface area contributed by atoms with E-state index in [-0.39, 0.29) is 6.61 Å². The van der Waals surface area contributed by atoms with Crippen molar-refractivity contribution in [2.45, 2.75) is 19.8 Å². The highest BCUT2D eigenvalue weighted by Gasteiger charge is 2.05. The summed E-state index contributed by atoms with van der Waals surface area (Å²) in [5, 5.41) is 9.71. The second-order valence-electron chi connectivity index (χ2n) is 12.0. The van der Waals surface area contributed by atoms with Gasteiger partial charge in [-0.3, -0.25) is 0 Å². The zero-order valence-corrected chi connectivity index (χ0v) is 30.5. The van der Waals surface area contributed by atoms with E-state index in [1.165, 1.54) is 0 Å². The summed E-state index contributed by atoms with van der Waals surface area (Å²) < 4.78 is 46.3. The quantitative estimate of drug-likeness (QED) is 0.0593. The first-order valence-corrected chi connectivity index (χ1v) is 17.9. The van der Waals surface area contributed by atoms with Gasteiger partial charge in [-0.2, -0.15) is 0 Å².